The molecule has 0 unspecified atom stereocenters. The molecule has 18 heavy (non-hydrogen) atoms. The molecule has 0 aromatic heterocycles. The van der Waals surface area contributed by atoms with Gasteiger partial charge in [-0.25, -0.2) is 0 Å². The highest BCUT2D eigenvalue weighted by atomic mass is 79.9. The molecule has 0 atom stereocenters. The van der Waals surface area contributed by atoms with Crippen molar-refractivity contribution in [2.24, 2.45) is 11.1 Å². The van der Waals surface area contributed by atoms with E-state index < -0.39 is 5.41 Å². The van der Waals surface area contributed by atoms with Crippen molar-refractivity contribution < 1.29 is 9.53 Å². The Morgan fingerprint density at radius 3 is 2.61 bits per heavy atom. The Morgan fingerprint density at radius 1 is 1.50 bits per heavy atom. The number of rotatable bonds is 4. The van der Waals surface area contributed by atoms with Crippen LogP contribution in [0, 0.1) is 5.41 Å². The lowest BCUT2D eigenvalue weighted by Gasteiger charge is -2.22. The van der Waals surface area contributed by atoms with E-state index in [1.807, 2.05) is 0 Å². The molecule has 1 aromatic carbocycles. The van der Waals surface area contributed by atoms with Gasteiger partial charge in [0.2, 0.25) is 5.91 Å². The summed E-state index contributed by atoms with van der Waals surface area (Å²) in [5.74, 6) is 0.389. The predicted molar refractivity (Wildman–Crippen MR) is 79.9 cm³/mol. The third-order valence-electron chi connectivity index (χ3n) is 2.59. The van der Waals surface area contributed by atoms with Crippen LogP contribution in [0.3, 0.4) is 0 Å². The van der Waals surface area contributed by atoms with Crippen LogP contribution < -0.4 is 15.8 Å². The highest BCUT2D eigenvalue weighted by molar-refractivity contribution is 9.10. The molecule has 0 aliphatic carbocycles. The van der Waals surface area contributed by atoms with Gasteiger partial charge in [-0.3, -0.25) is 4.79 Å². The fourth-order valence-electron chi connectivity index (χ4n) is 1.14. The van der Waals surface area contributed by atoms with Gasteiger partial charge in [-0.2, -0.15) is 0 Å². The molecule has 98 valence electrons. The average Bonchev–Trinajstić information content (AvgIpc) is 2.31. The van der Waals surface area contributed by atoms with E-state index in [9.17, 15) is 4.79 Å². The largest absolute Gasteiger partial charge is 0.495 e. The number of thiocarbonyl (C=S) groups is 1. The van der Waals surface area contributed by atoms with Crippen molar-refractivity contribution in [1.82, 2.24) is 0 Å². The van der Waals surface area contributed by atoms with Crippen molar-refractivity contribution in [3.05, 3.63) is 22.7 Å². The average molecular weight is 331 g/mol. The number of methoxy groups -OCH3 is 1. The van der Waals surface area contributed by atoms with Gasteiger partial charge in [-0.1, -0.05) is 12.2 Å². The number of anilines is 1. The number of halogens is 1. The molecule has 1 amide bonds. The Bertz CT molecular complexity index is 489. The summed E-state index contributed by atoms with van der Waals surface area (Å²) in [6.45, 7) is 3.36. The Labute approximate surface area is 120 Å². The fraction of sp³-hybridized carbons (Fsp3) is 0.333. The maximum Gasteiger partial charge on any atom is 0.236 e. The first-order valence-corrected chi connectivity index (χ1v) is 6.44. The van der Waals surface area contributed by atoms with Gasteiger partial charge in [0.15, 0.2) is 0 Å². The highest BCUT2D eigenvalue weighted by Crippen LogP contribution is 2.28. The van der Waals surface area contributed by atoms with Crippen LogP contribution in [0.1, 0.15) is 13.8 Å². The van der Waals surface area contributed by atoms with E-state index in [0.29, 0.717) is 11.4 Å². The smallest absolute Gasteiger partial charge is 0.236 e. The summed E-state index contributed by atoms with van der Waals surface area (Å²) in [5, 5.41) is 2.76. The third-order valence-corrected chi connectivity index (χ3v) is 3.76. The van der Waals surface area contributed by atoms with Crippen molar-refractivity contribution in [1.29, 1.82) is 0 Å². The molecule has 0 fully saturated rings. The van der Waals surface area contributed by atoms with Crippen LogP contribution in [0.4, 0.5) is 5.69 Å². The second-order valence-corrected chi connectivity index (χ2v) is 5.59. The normalized spacial score (nSPS) is 10.9. The van der Waals surface area contributed by atoms with Crippen molar-refractivity contribution in [2.75, 3.05) is 12.4 Å². The Morgan fingerprint density at radius 2 is 2.11 bits per heavy atom. The van der Waals surface area contributed by atoms with Crippen molar-refractivity contribution >= 4 is 44.7 Å². The van der Waals surface area contributed by atoms with Crippen LogP contribution in [0.15, 0.2) is 22.7 Å². The predicted octanol–water partition coefficient (Wildman–Crippen LogP) is 2.71. The van der Waals surface area contributed by atoms with E-state index in [1.54, 1.807) is 39.2 Å². The Kier molecular flexibility index (Phi) is 4.70. The first kappa shape index (κ1) is 14.9. The van der Waals surface area contributed by atoms with Crippen LogP contribution in [0.5, 0.6) is 5.75 Å². The highest BCUT2D eigenvalue weighted by Gasteiger charge is 2.30. The zero-order chi connectivity index (χ0) is 13.9. The van der Waals surface area contributed by atoms with Gasteiger partial charge in [-0.05, 0) is 41.9 Å². The number of benzene rings is 1. The molecule has 0 saturated carbocycles. The van der Waals surface area contributed by atoms with Gasteiger partial charge in [0.25, 0.3) is 0 Å². The van der Waals surface area contributed by atoms with Gasteiger partial charge in [0.1, 0.15) is 5.75 Å². The lowest BCUT2D eigenvalue weighted by atomic mass is 9.92. The summed E-state index contributed by atoms with van der Waals surface area (Å²) < 4.78 is 5.97. The van der Waals surface area contributed by atoms with Crippen molar-refractivity contribution in [2.45, 2.75) is 13.8 Å². The molecular weight excluding hydrogens is 316 g/mol. The van der Waals surface area contributed by atoms with Gasteiger partial charge >= 0.3 is 0 Å². The zero-order valence-electron chi connectivity index (χ0n) is 10.4. The number of amides is 1. The maximum absolute atomic E-state index is 12.0. The lowest BCUT2D eigenvalue weighted by molar-refractivity contribution is -0.121. The maximum atomic E-state index is 12.0. The van der Waals surface area contributed by atoms with E-state index in [4.69, 9.17) is 22.7 Å². The van der Waals surface area contributed by atoms with Crippen LogP contribution in [-0.2, 0) is 4.79 Å². The summed E-state index contributed by atoms with van der Waals surface area (Å²) in [5.41, 5.74) is 5.28. The number of carbonyl (C=O) groups excluding carboxylic acids is 1. The van der Waals surface area contributed by atoms with Gasteiger partial charge in [0, 0.05) is 11.8 Å². The fourth-order valence-corrected chi connectivity index (χ4v) is 1.64. The SMILES string of the molecule is COc1cc(NC(=O)C(C)(C)C(N)=S)ccc1Br. The first-order chi connectivity index (χ1) is 8.28. The van der Waals surface area contributed by atoms with E-state index >= 15 is 0 Å². The van der Waals surface area contributed by atoms with Crippen LogP contribution in [-0.4, -0.2) is 18.0 Å². The van der Waals surface area contributed by atoms with Gasteiger partial charge in [-0.15, -0.1) is 0 Å². The van der Waals surface area contributed by atoms with Crippen molar-refractivity contribution in [3.8, 4) is 5.75 Å². The number of carbonyl (C=O) groups is 1. The molecule has 0 aliphatic rings. The minimum absolute atomic E-state index is 0.157. The van der Waals surface area contributed by atoms with Crippen LogP contribution in [0.25, 0.3) is 0 Å². The van der Waals surface area contributed by atoms with E-state index in [0.717, 1.165) is 4.47 Å². The van der Waals surface area contributed by atoms with E-state index in [1.165, 1.54) is 0 Å². The summed E-state index contributed by atoms with van der Waals surface area (Å²) in [6, 6.07) is 5.28. The number of hydrogen-bond acceptors (Lipinski definition) is 3. The minimum atomic E-state index is -0.893. The monoisotopic (exact) mass is 330 g/mol. The van der Waals surface area contributed by atoms with Crippen LogP contribution in [0.2, 0.25) is 0 Å². The summed E-state index contributed by atoms with van der Waals surface area (Å²) in [4.78, 5) is 12.2. The number of nitrogens with two attached hydrogens (primary N) is 1. The van der Waals surface area contributed by atoms with E-state index in [-0.39, 0.29) is 10.9 Å². The zero-order valence-corrected chi connectivity index (χ0v) is 12.8. The van der Waals surface area contributed by atoms with Gasteiger partial charge in [0.05, 0.1) is 22.0 Å². The van der Waals surface area contributed by atoms with Crippen LogP contribution >= 0.6 is 28.1 Å². The molecule has 6 heteroatoms. The minimum Gasteiger partial charge on any atom is -0.495 e. The molecule has 0 heterocycles. The molecule has 4 nitrogen and oxygen atoms in total. The Hall–Kier alpha value is -1.14. The second kappa shape index (κ2) is 5.67. The summed E-state index contributed by atoms with van der Waals surface area (Å²) in [6.07, 6.45) is 0. The molecule has 0 radical (unpaired) electrons. The second-order valence-electron chi connectivity index (χ2n) is 4.29. The number of nitrogens with one attached hydrogen (secondary N) is 1. The molecular formula is C12H15BrN2O2S. The van der Waals surface area contributed by atoms with E-state index in [2.05, 4.69) is 21.2 Å². The molecule has 1 rings (SSSR count). The first-order valence-electron chi connectivity index (χ1n) is 5.24. The molecule has 0 spiro atoms. The molecule has 0 bridgehead atoms. The molecule has 0 saturated heterocycles. The number of ether oxygens (including phenoxy) is 1. The van der Waals surface area contributed by atoms with Crippen molar-refractivity contribution in [3.63, 3.8) is 0 Å². The topological polar surface area (TPSA) is 64.3 Å². The standard InChI is InChI=1S/C12H15BrN2O2S/c1-12(2,10(14)18)11(16)15-7-4-5-8(13)9(6-7)17-3/h4-6H,1-3H3,(H2,14,18)(H,15,16). The Balaban J connectivity index is 2.92. The quantitative estimate of drug-likeness (QED) is 0.833. The lowest BCUT2D eigenvalue weighted by Crippen LogP contribution is -2.41. The summed E-state index contributed by atoms with van der Waals surface area (Å²) in [7, 11) is 1.56. The molecule has 1 aromatic rings. The molecule has 0 aliphatic heterocycles. The summed E-state index contributed by atoms with van der Waals surface area (Å²) >= 11 is 8.22. The third kappa shape index (κ3) is 3.20. The molecule has 3 N–H and O–H groups in total. The van der Waals surface area contributed by atoms with Gasteiger partial charge < -0.3 is 15.8 Å². The number of hydrogen-bond donors (Lipinski definition) is 2.